The predicted molar refractivity (Wildman–Crippen MR) is 100 cm³/mol. The lowest BCUT2D eigenvalue weighted by molar-refractivity contribution is 0.0944. The van der Waals surface area contributed by atoms with E-state index in [1.165, 1.54) is 12.1 Å². The van der Waals surface area contributed by atoms with Crippen LogP contribution in [0.4, 0.5) is 0 Å². The van der Waals surface area contributed by atoms with E-state index in [2.05, 4.69) is 10.0 Å². The highest BCUT2D eigenvalue weighted by atomic mass is 32.2. The molecule has 0 bridgehead atoms. The van der Waals surface area contributed by atoms with E-state index in [0.717, 1.165) is 5.56 Å². The molecular weight excluding hydrogens is 352 g/mol. The van der Waals surface area contributed by atoms with Gasteiger partial charge in [-0.1, -0.05) is 36.4 Å². The Labute approximate surface area is 154 Å². The van der Waals surface area contributed by atoms with Crippen molar-refractivity contribution in [1.29, 1.82) is 0 Å². The number of nitrogens with one attached hydrogen (secondary N) is 2. The second kappa shape index (κ2) is 10.1. The lowest BCUT2D eigenvalue weighted by Gasteiger charge is -2.09. The zero-order valence-corrected chi connectivity index (χ0v) is 15.6. The molecule has 0 spiro atoms. The van der Waals surface area contributed by atoms with Crippen LogP contribution in [0.2, 0.25) is 0 Å². The summed E-state index contributed by atoms with van der Waals surface area (Å²) in [5, 5.41) is 2.76. The summed E-state index contributed by atoms with van der Waals surface area (Å²) >= 11 is 0. The van der Waals surface area contributed by atoms with Crippen LogP contribution in [0.5, 0.6) is 0 Å². The van der Waals surface area contributed by atoms with Crippen LogP contribution in [-0.4, -0.2) is 34.1 Å². The molecule has 26 heavy (non-hydrogen) atoms. The van der Waals surface area contributed by atoms with Crippen LogP contribution in [0.15, 0.2) is 59.5 Å². The van der Waals surface area contributed by atoms with Crippen molar-refractivity contribution >= 4 is 15.9 Å². The van der Waals surface area contributed by atoms with Crippen molar-refractivity contribution in [1.82, 2.24) is 10.0 Å². The van der Waals surface area contributed by atoms with Gasteiger partial charge in [0.05, 0.1) is 4.90 Å². The smallest absolute Gasteiger partial charge is 0.251 e. The molecule has 0 aliphatic carbocycles. The molecule has 140 valence electrons. The lowest BCUT2D eigenvalue weighted by Crippen LogP contribution is -2.26. The molecule has 2 aromatic rings. The van der Waals surface area contributed by atoms with Gasteiger partial charge in [0.15, 0.2) is 0 Å². The van der Waals surface area contributed by atoms with Gasteiger partial charge in [-0.2, -0.15) is 0 Å². The Bertz CT molecular complexity index is 807. The normalized spacial score (nSPS) is 11.3. The van der Waals surface area contributed by atoms with E-state index in [4.69, 9.17) is 4.74 Å². The number of rotatable bonds is 10. The molecule has 0 unspecified atom stereocenters. The number of ether oxygens (including phenoxy) is 1. The molecule has 7 heteroatoms. The van der Waals surface area contributed by atoms with Gasteiger partial charge in [0, 0.05) is 31.9 Å². The predicted octanol–water partition coefficient (Wildman–Crippen LogP) is 2.32. The molecule has 0 saturated heterocycles. The molecule has 6 nitrogen and oxygen atoms in total. The topological polar surface area (TPSA) is 84.5 Å². The first-order valence-electron chi connectivity index (χ1n) is 8.52. The zero-order chi connectivity index (χ0) is 18.8. The number of sulfonamides is 1. The Morgan fingerprint density at radius 3 is 2.58 bits per heavy atom. The van der Waals surface area contributed by atoms with Crippen LogP contribution < -0.4 is 10.0 Å². The van der Waals surface area contributed by atoms with Gasteiger partial charge in [0.25, 0.3) is 5.91 Å². The highest BCUT2D eigenvalue weighted by Crippen LogP contribution is 2.12. The van der Waals surface area contributed by atoms with Crippen molar-refractivity contribution in [2.45, 2.75) is 24.8 Å². The molecule has 1 amide bonds. The summed E-state index contributed by atoms with van der Waals surface area (Å²) in [4.78, 5) is 12.2. The minimum Gasteiger partial charge on any atom is -0.382 e. The molecule has 0 radical (unpaired) electrons. The van der Waals surface area contributed by atoms with Crippen LogP contribution in [0, 0.1) is 0 Å². The third-order valence-electron chi connectivity index (χ3n) is 3.67. The number of carbonyl (C=O) groups is 1. The third kappa shape index (κ3) is 6.25. The maximum Gasteiger partial charge on any atom is 0.251 e. The van der Waals surface area contributed by atoms with Crippen molar-refractivity contribution in [3.8, 4) is 0 Å². The summed E-state index contributed by atoms with van der Waals surface area (Å²) < 4.78 is 32.7. The van der Waals surface area contributed by atoms with Crippen LogP contribution >= 0.6 is 0 Å². The van der Waals surface area contributed by atoms with Crippen molar-refractivity contribution in [2.75, 3.05) is 19.8 Å². The summed E-state index contributed by atoms with van der Waals surface area (Å²) in [6.07, 6.45) is 0.705. The van der Waals surface area contributed by atoms with E-state index in [9.17, 15) is 13.2 Å². The van der Waals surface area contributed by atoms with E-state index in [0.29, 0.717) is 31.7 Å². The van der Waals surface area contributed by atoms with Gasteiger partial charge in [0.2, 0.25) is 10.0 Å². The first-order valence-corrected chi connectivity index (χ1v) is 10.0. The SMILES string of the molecule is CCOCCCNC(=O)c1cccc(S(=O)(=O)NCc2ccccc2)c1. The van der Waals surface area contributed by atoms with Gasteiger partial charge in [0.1, 0.15) is 0 Å². The standard InChI is InChI=1S/C19H24N2O4S/c1-2-25-13-7-12-20-19(22)17-10-6-11-18(14-17)26(23,24)21-15-16-8-4-3-5-9-16/h3-6,8-11,14,21H,2,7,12-13,15H2,1H3,(H,20,22). The average molecular weight is 376 g/mol. The van der Waals surface area contributed by atoms with Gasteiger partial charge in [-0.15, -0.1) is 0 Å². The second-order valence-corrected chi connectivity index (χ2v) is 7.41. The highest BCUT2D eigenvalue weighted by Gasteiger charge is 2.16. The van der Waals surface area contributed by atoms with Crippen LogP contribution in [0.1, 0.15) is 29.3 Å². The van der Waals surface area contributed by atoms with E-state index in [1.54, 1.807) is 12.1 Å². The number of benzene rings is 2. The molecule has 0 saturated carbocycles. The fourth-order valence-electron chi connectivity index (χ4n) is 2.28. The van der Waals surface area contributed by atoms with E-state index < -0.39 is 10.0 Å². The Morgan fingerprint density at radius 2 is 1.85 bits per heavy atom. The molecule has 0 aromatic heterocycles. The molecule has 0 aliphatic heterocycles. The Balaban J connectivity index is 1.97. The number of amides is 1. The highest BCUT2D eigenvalue weighted by molar-refractivity contribution is 7.89. The number of carbonyl (C=O) groups excluding carboxylic acids is 1. The van der Waals surface area contributed by atoms with E-state index >= 15 is 0 Å². The maximum absolute atomic E-state index is 12.5. The molecule has 0 aliphatic rings. The minimum absolute atomic E-state index is 0.0652. The quantitative estimate of drug-likeness (QED) is 0.623. The second-order valence-electron chi connectivity index (χ2n) is 5.64. The molecule has 0 fully saturated rings. The molecule has 2 N–H and O–H groups in total. The van der Waals surface area contributed by atoms with Gasteiger partial charge < -0.3 is 10.1 Å². The summed E-state index contributed by atoms with van der Waals surface area (Å²) in [5.41, 5.74) is 1.17. The Kier molecular flexibility index (Phi) is 7.77. The van der Waals surface area contributed by atoms with Gasteiger partial charge in [-0.25, -0.2) is 13.1 Å². The van der Waals surface area contributed by atoms with Crippen molar-refractivity contribution in [3.05, 3.63) is 65.7 Å². The Morgan fingerprint density at radius 1 is 1.08 bits per heavy atom. The largest absolute Gasteiger partial charge is 0.382 e. The van der Waals surface area contributed by atoms with Crippen molar-refractivity contribution in [3.63, 3.8) is 0 Å². The fourth-order valence-corrected chi connectivity index (χ4v) is 3.35. The summed E-state index contributed by atoms with van der Waals surface area (Å²) in [7, 11) is -3.70. The van der Waals surface area contributed by atoms with E-state index in [-0.39, 0.29) is 17.3 Å². The van der Waals surface area contributed by atoms with Gasteiger partial charge in [-0.05, 0) is 37.1 Å². The lowest BCUT2D eigenvalue weighted by atomic mass is 10.2. The minimum atomic E-state index is -3.70. The third-order valence-corrected chi connectivity index (χ3v) is 5.07. The zero-order valence-electron chi connectivity index (χ0n) is 14.8. The monoisotopic (exact) mass is 376 g/mol. The van der Waals surface area contributed by atoms with Gasteiger partial charge in [-0.3, -0.25) is 4.79 Å². The molecule has 2 rings (SSSR count). The maximum atomic E-state index is 12.5. The fraction of sp³-hybridized carbons (Fsp3) is 0.316. The Hall–Kier alpha value is -2.22. The first-order chi connectivity index (χ1) is 12.5. The molecule has 2 aromatic carbocycles. The summed E-state index contributed by atoms with van der Waals surface area (Å²) in [5.74, 6) is -0.304. The van der Waals surface area contributed by atoms with Crippen molar-refractivity contribution in [2.24, 2.45) is 0 Å². The van der Waals surface area contributed by atoms with Crippen molar-refractivity contribution < 1.29 is 17.9 Å². The number of hydrogen-bond acceptors (Lipinski definition) is 4. The van der Waals surface area contributed by atoms with Crippen LogP contribution in [-0.2, 0) is 21.3 Å². The van der Waals surface area contributed by atoms with E-state index in [1.807, 2.05) is 37.3 Å². The summed E-state index contributed by atoms with van der Waals surface area (Å²) in [6.45, 7) is 3.80. The van der Waals surface area contributed by atoms with Crippen LogP contribution in [0.25, 0.3) is 0 Å². The summed E-state index contributed by atoms with van der Waals surface area (Å²) in [6, 6.07) is 15.3. The first kappa shape index (κ1) is 20.1. The van der Waals surface area contributed by atoms with Crippen LogP contribution in [0.3, 0.4) is 0 Å². The molecule has 0 heterocycles. The number of hydrogen-bond donors (Lipinski definition) is 2. The van der Waals surface area contributed by atoms with Gasteiger partial charge >= 0.3 is 0 Å². The molecule has 0 atom stereocenters. The average Bonchev–Trinajstić information content (AvgIpc) is 2.67. The molecular formula is C19H24N2O4S.